The van der Waals surface area contributed by atoms with Crippen molar-refractivity contribution in [2.45, 2.75) is 0 Å². The molecule has 0 atom stereocenters. The molecule has 1 nitrogen and oxygen atoms in total. The van der Waals surface area contributed by atoms with Crippen molar-refractivity contribution in [1.29, 1.82) is 0 Å². The second kappa shape index (κ2) is 11.3. The van der Waals surface area contributed by atoms with Gasteiger partial charge < -0.3 is 4.57 Å². The van der Waals surface area contributed by atoms with E-state index < -0.39 is 0 Å². The van der Waals surface area contributed by atoms with Gasteiger partial charge in [-0.15, -0.1) is 22.7 Å². The molecule has 3 aromatic heterocycles. The molecule has 0 aliphatic heterocycles. The Labute approximate surface area is 302 Å². The fourth-order valence-electron chi connectivity index (χ4n) is 8.09. The lowest BCUT2D eigenvalue weighted by Crippen LogP contribution is -1.94. The van der Waals surface area contributed by atoms with E-state index in [4.69, 9.17) is 0 Å². The SMILES string of the molecule is c1ccc(-c2ccc(-n3c4ccccc4c4c(-c5ccc6sc7ccccc7c6c5)c(-c5ccc6sc7ccccc7c6c5)ccc43)cc2)cc1. The van der Waals surface area contributed by atoms with Gasteiger partial charge in [0.2, 0.25) is 0 Å². The first kappa shape index (κ1) is 28.8. The summed E-state index contributed by atoms with van der Waals surface area (Å²) in [5.74, 6) is 0. The van der Waals surface area contributed by atoms with Crippen molar-refractivity contribution >= 4 is 84.8 Å². The standard InChI is InChI=1S/C48H29NS2/c1-2-10-30(11-3-1)31-18-22-34(23-19-31)49-41-15-7-4-14-38(41)48-42(49)25-24-35(32-20-26-45-39(28-32)36-12-5-8-16-43(36)50-45)47(48)33-21-27-46-40(29-33)37-13-6-9-17-44(37)51-46/h1-29H. The van der Waals surface area contributed by atoms with Crippen molar-refractivity contribution in [3.63, 3.8) is 0 Å². The molecule has 238 valence electrons. The van der Waals surface area contributed by atoms with Crippen molar-refractivity contribution in [1.82, 2.24) is 4.57 Å². The lowest BCUT2D eigenvalue weighted by Gasteiger charge is -2.15. The number of rotatable bonds is 4. The Balaban J connectivity index is 1.22. The maximum atomic E-state index is 2.45. The summed E-state index contributed by atoms with van der Waals surface area (Å²) in [5, 5.41) is 7.82. The van der Waals surface area contributed by atoms with Crippen molar-refractivity contribution < 1.29 is 0 Å². The van der Waals surface area contributed by atoms with Gasteiger partial charge in [0.05, 0.1) is 11.0 Å². The third-order valence-electron chi connectivity index (χ3n) is 10.4. The van der Waals surface area contributed by atoms with Crippen LogP contribution in [0.1, 0.15) is 0 Å². The maximum absolute atomic E-state index is 2.45. The third kappa shape index (κ3) is 4.45. The van der Waals surface area contributed by atoms with Gasteiger partial charge in [-0.1, -0.05) is 115 Å². The van der Waals surface area contributed by atoms with E-state index >= 15 is 0 Å². The largest absolute Gasteiger partial charge is 0.309 e. The molecule has 0 radical (unpaired) electrons. The minimum atomic E-state index is 1.16. The molecule has 0 aliphatic rings. The van der Waals surface area contributed by atoms with Crippen molar-refractivity contribution in [2.75, 3.05) is 0 Å². The van der Waals surface area contributed by atoms with Crippen LogP contribution in [0.5, 0.6) is 0 Å². The fraction of sp³-hybridized carbons (Fsp3) is 0. The Hall–Kier alpha value is -6.00. The second-order valence-corrected chi connectivity index (χ2v) is 15.4. The number of thiophene rings is 2. The van der Waals surface area contributed by atoms with Gasteiger partial charge >= 0.3 is 0 Å². The first-order chi connectivity index (χ1) is 25.3. The van der Waals surface area contributed by atoms with Gasteiger partial charge in [0.1, 0.15) is 0 Å². The molecule has 0 N–H and O–H groups in total. The maximum Gasteiger partial charge on any atom is 0.0547 e. The minimum Gasteiger partial charge on any atom is -0.309 e. The molecule has 0 saturated heterocycles. The number of fused-ring (bicyclic) bond motifs is 9. The summed E-state index contributed by atoms with van der Waals surface area (Å²) in [5.41, 5.74) is 11.0. The topological polar surface area (TPSA) is 4.93 Å². The monoisotopic (exact) mass is 683 g/mol. The molecular formula is C48H29NS2. The highest BCUT2D eigenvalue weighted by Crippen LogP contribution is 2.47. The quantitative estimate of drug-likeness (QED) is 0.174. The summed E-state index contributed by atoms with van der Waals surface area (Å²) in [6.07, 6.45) is 0. The van der Waals surface area contributed by atoms with E-state index in [1.165, 1.54) is 95.5 Å². The van der Waals surface area contributed by atoms with Gasteiger partial charge in [0, 0.05) is 56.8 Å². The van der Waals surface area contributed by atoms with Crippen molar-refractivity contribution in [3.8, 4) is 39.1 Å². The van der Waals surface area contributed by atoms with Crippen LogP contribution in [0.4, 0.5) is 0 Å². The smallest absolute Gasteiger partial charge is 0.0547 e. The van der Waals surface area contributed by atoms with Crippen molar-refractivity contribution in [3.05, 3.63) is 176 Å². The average molecular weight is 684 g/mol. The highest BCUT2D eigenvalue weighted by atomic mass is 32.1. The summed E-state index contributed by atoms with van der Waals surface area (Å²) in [6, 6.07) is 65.0. The summed E-state index contributed by atoms with van der Waals surface area (Å²) in [7, 11) is 0. The van der Waals surface area contributed by atoms with Gasteiger partial charge in [-0.2, -0.15) is 0 Å². The van der Waals surface area contributed by atoms with Crippen LogP contribution in [0.25, 0.3) is 101 Å². The van der Waals surface area contributed by atoms with E-state index in [1.807, 2.05) is 22.7 Å². The Morgan fingerprint density at radius 3 is 1.57 bits per heavy atom. The molecule has 0 spiro atoms. The van der Waals surface area contributed by atoms with Crippen LogP contribution in [-0.4, -0.2) is 4.57 Å². The number of hydrogen-bond donors (Lipinski definition) is 0. The molecule has 0 bridgehead atoms. The van der Waals surface area contributed by atoms with Crippen LogP contribution in [0.15, 0.2) is 176 Å². The van der Waals surface area contributed by atoms with E-state index in [9.17, 15) is 0 Å². The Kier molecular flexibility index (Phi) is 6.36. The number of benzene rings is 8. The van der Waals surface area contributed by atoms with E-state index in [-0.39, 0.29) is 0 Å². The van der Waals surface area contributed by atoms with Crippen LogP contribution in [0.2, 0.25) is 0 Å². The molecule has 0 unspecified atom stereocenters. The molecule has 11 aromatic rings. The number of para-hydroxylation sites is 1. The minimum absolute atomic E-state index is 1.16. The fourth-order valence-corrected chi connectivity index (χ4v) is 10.3. The molecule has 51 heavy (non-hydrogen) atoms. The van der Waals surface area contributed by atoms with Gasteiger partial charge in [-0.25, -0.2) is 0 Å². The molecule has 0 amide bonds. The molecule has 3 heterocycles. The molecule has 0 fully saturated rings. The van der Waals surface area contributed by atoms with Gasteiger partial charge in [-0.05, 0) is 94.0 Å². The zero-order chi connectivity index (χ0) is 33.5. The first-order valence-electron chi connectivity index (χ1n) is 17.3. The number of aromatic nitrogens is 1. The van der Waals surface area contributed by atoms with Crippen LogP contribution >= 0.6 is 22.7 Å². The second-order valence-electron chi connectivity index (χ2n) is 13.3. The molecule has 0 aliphatic carbocycles. The molecular weight excluding hydrogens is 655 g/mol. The highest BCUT2D eigenvalue weighted by molar-refractivity contribution is 7.26. The Morgan fingerprint density at radius 2 is 0.863 bits per heavy atom. The predicted octanol–water partition coefficient (Wildman–Crippen LogP) is 14.5. The van der Waals surface area contributed by atoms with Crippen LogP contribution < -0.4 is 0 Å². The van der Waals surface area contributed by atoms with E-state index in [1.54, 1.807) is 0 Å². The Morgan fingerprint density at radius 1 is 0.333 bits per heavy atom. The summed E-state index contributed by atoms with van der Waals surface area (Å²) in [6.45, 7) is 0. The van der Waals surface area contributed by atoms with E-state index in [0.29, 0.717) is 0 Å². The zero-order valence-corrected chi connectivity index (χ0v) is 29.1. The first-order valence-corrected chi connectivity index (χ1v) is 19.0. The highest BCUT2D eigenvalue weighted by Gasteiger charge is 2.21. The zero-order valence-electron chi connectivity index (χ0n) is 27.5. The van der Waals surface area contributed by atoms with Gasteiger partial charge in [0.15, 0.2) is 0 Å². The van der Waals surface area contributed by atoms with Crippen LogP contribution in [0, 0.1) is 0 Å². The summed E-state index contributed by atoms with van der Waals surface area (Å²) in [4.78, 5) is 0. The third-order valence-corrected chi connectivity index (χ3v) is 12.7. The van der Waals surface area contributed by atoms with Gasteiger partial charge in [0.25, 0.3) is 0 Å². The molecule has 0 saturated carbocycles. The van der Waals surface area contributed by atoms with Crippen molar-refractivity contribution in [2.24, 2.45) is 0 Å². The van der Waals surface area contributed by atoms with Crippen LogP contribution in [-0.2, 0) is 0 Å². The van der Waals surface area contributed by atoms with E-state index in [2.05, 4.69) is 180 Å². The average Bonchev–Trinajstić information content (AvgIpc) is 3.87. The lowest BCUT2D eigenvalue weighted by molar-refractivity contribution is 1.18. The predicted molar refractivity (Wildman–Crippen MR) is 223 cm³/mol. The number of hydrogen-bond acceptors (Lipinski definition) is 2. The van der Waals surface area contributed by atoms with Gasteiger partial charge in [-0.3, -0.25) is 0 Å². The van der Waals surface area contributed by atoms with Crippen LogP contribution in [0.3, 0.4) is 0 Å². The molecule has 3 heteroatoms. The summed E-state index contributed by atoms with van der Waals surface area (Å²) < 4.78 is 7.75. The molecule has 8 aromatic carbocycles. The Bertz CT molecular complexity index is 3120. The molecule has 11 rings (SSSR count). The summed E-state index contributed by atoms with van der Waals surface area (Å²) >= 11 is 3.75. The normalized spacial score (nSPS) is 11.9. The lowest BCUT2D eigenvalue weighted by atomic mass is 9.89. The number of nitrogens with zero attached hydrogens (tertiary/aromatic N) is 1. The van der Waals surface area contributed by atoms with E-state index in [0.717, 1.165) is 5.69 Å².